The molecule has 1 unspecified atom stereocenters. The van der Waals surface area contributed by atoms with Gasteiger partial charge in [0, 0.05) is 18.7 Å². The molecule has 0 spiro atoms. The van der Waals surface area contributed by atoms with Gasteiger partial charge in [-0.15, -0.1) is 0 Å². The zero-order chi connectivity index (χ0) is 17.7. The number of amides is 1. The van der Waals surface area contributed by atoms with Crippen molar-refractivity contribution in [3.63, 3.8) is 0 Å². The second-order valence-electron chi connectivity index (χ2n) is 6.51. The maximum atomic E-state index is 12.2. The number of hydrogen-bond acceptors (Lipinski definition) is 3. The molecule has 24 heavy (non-hydrogen) atoms. The molecule has 2 aromatic rings. The zero-order valence-electron chi connectivity index (χ0n) is 15.2. The number of benzene rings is 1. The Morgan fingerprint density at radius 3 is 2.42 bits per heavy atom. The lowest BCUT2D eigenvalue weighted by Crippen LogP contribution is -2.26. The highest BCUT2D eigenvalue weighted by Gasteiger charge is 2.13. The molecule has 0 aliphatic carbocycles. The lowest BCUT2D eigenvalue weighted by atomic mass is 10.2. The Hall–Kier alpha value is -2.30. The van der Waals surface area contributed by atoms with Crippen LogP contribution < -0.4 is 10.1 Å². The fourth-order valence-corrected chi connectivity index (χ4v) is 2.68. The lowest BCUT2D eigenvalue weighted by Gasteiger charge is -2.14. The molecule has 0 saturated carbocycles. The van der Waals surface area contributed by atoms with Crippen LogP contribution in [0.1, 0.15) is 50.2 Å². The van der Waals surface area contributed by atoms with Gasteiger partial charge in [0.2, 0.25) is 5.91 Å². The molecule has 1 aromatic heterocycles. The zero-order valence-corrected chi connectivity index (χ0v) is 15.2. The number of aryl methyl sites for hydroxylation is 2. The predicted molar refractivity (Wildman–Crippen MR) is 95.1 cm³/mol. The van der Waals surface area contributed by atoms with E-state index < -0.39 is 0 Å². The molecule has 1 heterocycles. The normalized spacial score (nSPS) is 12.2. The van der Waals surface area contributed by atoms with Crippen molar-refractivity contribution in [2.45, 2.75) is 59.7 Å². The molecule has 1 amide bonds. The van der Waals surface area contributed by atoms with Crippen LogP contribution in [0.4, 0.5) is 0 Å². The van der Waals surface area contributed by atoms with Crippen molar-refractivity contribution in [1.82, 2.24) is 15.1 Å². The third-order valence-electron chi connectivity index (χ3n) is 3.73. The summed E-state index contributed by atoms with van der Waals surface area (Å²) in [5.74, 6) is 0.871. The van der Waals surface area contributed by atoms with E-state index in [0.29, 0.717) is 13.0 Å². The first-order chi connectivity index (χ1) is 11.3. The van der Waals surface area contributed by atoms with E-state index in [4.69, 9.17) is 4.74 Å². The van der Waals surface area contributed by atoms with Gasteiger partial charge in [0.05, 0.1) is 17.8 Å². The highest BCUT2D eigenvalue weighted by molar-refractivity contribution is 5.76. The van der Waals surface area contributed by atoms with Crippen LogP contribution >= 0.6 is 0 Å². The largest absolute Gasteiger partial charge is 0.491 e. The van der Waals surface area contributed by atoms with Crippen LogP contribution in [0.2, 0.25) is 0 Å². The first-order valence-corrected chi connectivity index (χ1v) is 8.40. The van der Waals surface area contributed by atoms with Crippen LogP contribution in [-0.2, 0) is 11.3 Å². The van der Waals surface area contributed by atoms with Gasteiger partial charge in [-0.3, -0.25) is 9.48 Å². The minimum atomic E-state index is 0.0255. The molecule has 2 rings (SSSR count). The van der Waals surface area contributed by atoms with E-state index in [2.05, 4.69) is 10.4 Å². The molecule has 0 saturated heterocycles. The lowest BCUT2D eigenvalue weighted by molar-refractivity contribution is -0.122. The fourth-order valence-electron chi connectivity index (χ4n) is 2.68. The topological polar surface area (TPSA) is 56.2 Å². The van der Waals surface area contributed by atoms with E-state index in [0.717, 1.165) is 22.7 Å². The van der Waals surface area contributed by atoms with E-state index in [9.17, 15) is 4.79 Å². The smallest absolute Gasteiger partial charge is 0.222 e. The summed E-state index contributed by atoms with van der Waals surface area (Å²) in [6.07, 6.45) is 0.572. The van der Waals surface area contributed by atoms with Gasteiger partial charge in [-0.25, -0.2) is 0 Å². The maximum absolute atomic E-state index is 12.2. The summed E-state index contributed by atoms with van der Waals surface area (Å²) in [5.41, 5.74) is 3.11. The third kappa shape index (κ3) is 5.11. The summed E-state index contributed by atoms with van der Waals surface area (Å²) in [6, 6.07) is 9.88. The SMILES string of the molecule is Cc1cc(C)n(C(C)CC(=O)NCc2ccc(OC(C)C)cc2)n1. The minimum absolute atomic E-state index is 0.0255. The molecule has 0 aliphatic rings. The number of rotatable bonds is 7. The summed E-state index contributed by atoms with van der Waals surface area (Å²) >= 11 is 0. The van der Waals surface area contributed by atoms with Gasteiger partial charge in [-0.05, 0) is 58.4 Å². The Morgan fingerprint density at radius 2 is 1.88 bits per heavy atom. The summed E-state index contributed by atoms with van der Waals surface area (Å²) in [7, 11) is 0. The van der Waals surface area contributed by atoms with Crippen molar-refractivity contribution in [2.24, 2.45) is 0 Å². The van der Waals surface area contributed by atoms with Crippen LogP contribution in [0.3, 0.4) is 0 Å². The highest BCUT2D eigenvalue weighted by Crippen LogP contribution is 2.15. The Balaban J connectivity index is 1.83. The predicted octanol–water partition coefficient (Wildman–Crippen LogP) is 3.55. The second-order valence-corrected chi connectivity index (χ2v) is 6.51. The van der Waals surface area contributed by atoms with Gasteiger partial charge in [0.15, 0.2) is 0 Å². The summed E-state index contributed by atoms with van der Waals surface area (Å²) in [6.45, 7) is 10.5. The Bertz CT molecular complexity index is 674. The van der Waals surface area contributed by atoms with Crippen LogP contribution in [0, 0.1) is 13.8 Å². The number of aromatic nitrogens is 2. The molecule has 0 radical (unpaired) electrons. The van der Waals surface area contributed by atoms with Gasteiger partial charge in [0.25, 0.3) is 0 Å². The summed E-state index contributed by atoms with van der Waals surface area (Å²) in [5, 5.41) is 7.40. The molecule has 0 fully saturated rings. The van der Waals surface area contributed by atoms with Crippen LogP contribution in [0.15, 0.2) is 30.3 Å². The number of nitrogens with one attached hydrogen (secondary N) is 1. The molecule has 5 nitrogen and oxygen atoms in total. The number of ether oxygens (including phenoxy) is 1. The molecule has 5 heteroatoms. The Morgan fingerprint density at radius 1 is 1.21 bits per heavy atom. The first kappa shape index (κ1) is 18.0. The average molecular weight is 329 g/mol. The van der Waals surface area contributed by atoms with Gasteiger partial charge < -0.3 is 10.1 Å². The van der Waals surface area contributed by atoms with E-state index in [1.165, 1.54) is 0 Å². The molecular formula is C19H27N3O2. The van der Waals surface area contributed by atoms with E-state index in [-0.39, 0.29) is 18.1 Å². The minimum Gasteiger partial charge on any atom is -0.491 e. The van der Waals surface area contributed by atoms with Crippen molar-refractivity contribution in [2.75, 3.05) is 0 Å². The molecule has 1 N–H and O–H groups in total. The molecule has 0 aliphatic heterocycles. The maximum Gasteiger partial charge on any atom is 0.222 e. The fraction of sp³-hybridized carbons (Fsp3) is 0.474. The van der Waals surface area contributed by atoms with Crippen molar-refractivity contribution in [1.29, 1.82) is 0 Å². The van der Waals surface area contributed by atoms with Crippen molar-refractivity contribution in [3.8, 4) is 5.75 Å². The number of nitrogens with zero attached hydrogens (tertiary/aromatic N) is 2. The number of hydrogen-bond donors (Lipinski definition) is 1. The van der Waals surface area contributed by atoms with Crippen LogP contribution in [0.5, 0.6) is 5.75 Å². The van der Waals surface area contributed by atoms with Crippen molar-refractivity contribution in [3.05, 3.63) is 47.3 Å². The molecule has 0 bridgehead atoms. The van der Waals surface area contributed by atoms with Gasteiger partial charge >= 0.3 is 0 Å². The molecule has 1 atom stereocenters. The second kappa shape index (κ2) is 7.99. The van der Waals surface area contributed by atoms with E-state index in [1.807, 2.05) is 69.6 Å². The van der Waals surface area contributed by atoms with Gasteiger partial charge in [-0.1, -0.05) is 12.1 Å². The molecular weight excluding hydrogens is 302 g/mol. The first-order valence-electron chi connectivity index (χ1n) is 8.40. The van der Waals surface area contributed by atoms with Gasteiger partial charge in [0.1, 0.15) is 5.75 Å². The molecule has 130 valence electrons. The summed E-state index contributed by atoms with van der Waals surface area (Å²) in [4.78, 5) is 12.2. The van der Waals surface area contributed by atoms with E-state index >= 15 is 0 Å². The monoisotopic (exact) mass is 329 g/mol. The van der Waals surface area contributed by atoms with E-state index in [1.54, 1.807) is 0 Å². The standard InChI is InChI=1S/C19H27N3O2/c1-13(2)24-18-8-6-17(7-9-18)12-20-19(23)11-16(5)22-15(4)10-14(3)21-22/h6-10,13,16H,11-12H2,1-5H3,(H,20,23). The quantitative estimate of drug-likeness (QED) is 0.845. The van der Waals surface area contributed by atoms with Crippen molar-refractivity contribution < 1.29 is 9.53 Å². The molecule has 1 aromatic carbocycles. The highest BCUT2D eigenvalue weighted by atomic mass is 16.5. The van der Waals surface area contributed by atoms with Gasteiger partial charge in [-0.2, -0.15) is 5.10 Å². The number of carbonyl (C=O) groups excluding carboxylic acids is 1. The summed E-state index contributed by atoms with van der Waals surface area (Å²) < 4.78 is 7.52. The Kier molecular flexibility index (Phi) is 6.01. The average Bonchev–Trinajstić information content (AvgIpc) is 2.85. The van der Waals surface area contributed by atoms with Crippen LogP contribution in [0.25, 0.3) is 0 Å². The van der Waals surface area contributed by atoms with Crippen LogP contribution in [-0.4, -0.2) is 21.8 Å². The Labute approximate surface area is 144 Å². The number of carbonyl (C=O) groups is 1. The van der Waals surface area contributed by atoms with Crippen molar-refractivity contribution >= 4 is 5.91 Å². The third-order valence-corrected chi connectivity index (χ3v) is 3.73.